The Morgan fingerprint density at radius 2 is 1.45 bits per heavy atom. The number of benzene rings is 2. The number of hydrogen-bond acceptors (Lipinski definition) is 3. The second kappa shape index (κ2) is 8.07. The molecule has 1 aliphatic carbocycles. The van der Waals surface area contributed by atoms with Gasteiger partial charge in [-0.1, -0.05) is 19.1 Å². The molecule has 3 amide bonds. The van der Waals surface area contributed by atoms with E-state index in [0.717, 1.165) is 30.6 Å². The fourth-order valence-electron chi connectivity index (χ4n) is 3.52. The second-order valence-corrected chi connectivity index (χ2v) is 7.76. The first-order chi connectivity index (χ1) is 14.0. The van der Waals surface area contributed by atoms with Crippen molar-refractivity contribution in [3.05, 3.63) is 54.1 Å². The highest BCUT2D eigenvalue weighted by Crippen LogP contribution is 2.30. The lowest BCUT2D eigenvalue weighted by Crippen LogP contribution is -2.28. The van der Waals surface area contributed by atoms with E-state index in [1.165, 1.54) is 5.56 Å². The molecule has 1 aliphatic heterocycles. The largest absolute Gasteiger partial charge is 0.326 e. The highest BCUT2D eigenvalue weighted by Gasteiger charge is 2.35. The van der Waals surface area contributed by atoms with Crippen LogP contribution in [0.5, 0.6) is 0 Å². The minimum absolute atomic E-state index is 0.0347. The van der Waals surface area contributed by atoms with Gasteiger partial charge in [0.25, 0.3) is 0 Å². The van der Waals surface area contributed by atoms with E-state index in [1.807, 2.05) is 24.3 Å². The first-order valence-corrected chi connectivity index (χ1v) is 10.1. The Balaban J connectivity index is 1.34. The van der Waals surface area contributed by atoms with E-state index >= 15 is 0 Å². The highest BCUT2D eigenvalue weighted by atomic mass is 16.2. The number of nitrogens with one attached hydrogen (secondary N) is 2. The van der Waals surface area contributed by atoms with Crippen LogP contribution in [0.25, 0.3) is 0 Å². The van der Waals surface area contributed by atoms with Crippen LogP contribution < -0.4 is 15.5 Å². The van der Waals surface area contributed by atoms with Gasteiger partial charge in [0.1, 0.15) is 0 Å². The Labute approximate surface area is 170 Å². The van der Waals surface area contributed by atoms with E-state index in [9.17, 15) is 14.4 Å². The topological polar surface area (TPSA) is 78.5 Å². The molecular weight excluding hydrogens is 366 g/mol. The monoisotopic (exact) mass is 391 g/mol. The van der Waals surface area contributed by atoms with Crippen LogP contribution in [0.3, 0.4) is 0 Å². The maximum atomic E-state index is 12.6. The molecule has 29 heavy (non-hydrogen) atoms. The molecule has 6 heteroatoms. The van der Waals surface area contributed by atoms with Crippen molar-refractivity contribution in [1.29, 1.82) is 0 Å². The quantitative estimate of drug-likeness (QED) is 0.790. The smallest absolute Gasteiger partial charge is 0.229 e. The molecule has 1 saturated carbocycles. The normalized spacial score (nSPS) is 18.6. The summed E-state index contributed by atoms with van der Waals surface area (Å²) in [5.41, 5.74) is 3.42. The molecule has 4 rings (SSSR count). The molecule has 1 unspecified atom stereocenters. The number of nitrogens with zero attached hydrogens (tertiary/aromatic N) is 1. The van der Waals surface area contributed by atoms with Gasteiger partial charge in [0, 0.05) is 35.9 Å². The van der Waals surface area contributed by atoms with E-state index in [2.05, 4.69) is 17.6 Å². The first kappa shape index (κ1) is 19.2. The number of hydrogen-bond donors (Lipinski definition) is 2. The predicted molar refractivity (Wildman–Crippen MR) is 113 cm³/mol. The van der Waals surface area contributed by atoms with Crippen molar-refractivity contribution in [3.63, 3.8) is 0 Å². The highest BCUT2D eigenvalue weighted by molar-refractivity contribution is 6.03. The second-order valence-electron chi connectivity index (χ2n) is 7.76. The lowest BCUT2D eigenvalue weighted by Gasteiger charge is -2.17. The van der Waals surface area contributed by atoms with Crippen molar-refractivity contribution in [1.82, 2.24) is 0 Å². The molecule has 0 bridgehead atoms. The number of carbonyl (C=O) groups excluding carboxylic acids is 3. The maximum Gasteiger partial charge on any atom is 0.229 e. The van der Waals surface area contributed by atoms with Gasteiger partial charge in [-0.05, 0) is 61.2 Å². The lowest BCUT2D eigenvalue weighted by atomic mass is 10.1. The van der Waals surface area contributed by atoms with Crippen LogP contribution in [0.15, 0.2) is 48.5 Å². The fourth-order valence-corrected chi connectivity index (χ4v) is 3.52. The summed E-state index contributed by atoms with van der Waals surface area (Å²) in [7, 11) is 0. The minimum Gasteiger partial charge on any atom is -0.326 e. The van der Waals surface area contributed by atoms with Crippen molar-refractivity contribution in [2.24, 2.45) is 11.8 Å². The maximum absolute atomic E-state index is 12.6. The van der Waals surface area contributed by atoms with Crippen LogP contribution >= 0.6 is 0 Å². The van der Waals surface area contributed by atoms with Gasteiger partial charge >= 0.3 is 0 Å². The van der Waals surface area contributed by atoms with E-state index in [-0.39, 0.29) is 36.0 Å². The fraction of sp³-hybridized carbons (Fsp3) is 0.348. The van der Waals surface area contributed by atoms with Gasteiger partial charge in [-0.3, -0.25) is 14.4 Å². The number of rotatable bonds is 6. The molecule has 2 aliphatic rings. The minimum atomic E-state index is -0.386. The van der Waals surface area contributed by atoms with Gasteiger partial charge in [0.2, 0.25) is 17.7 Å². The summed E-state index contributed by atoms with van der Waals surface area (Å²) < 4.78 is 0. The van der Waals surface area contributed by atoms with Gasteiger partial charge in [0.15, 0.2) is 0 Å². The molecule has 2 N–H and O–H groups in total. The molecule has 1 atom stereocenters. The summed E-state index contributed by atoms with van der Waals surface area (Å²) in [6.07, 6.45) is 3.07. The third kappa shape index (κ3) is 4.47. The molecular formula is C23H25N3O3. The van der Waals surface area contributed by atoms with Gasteiger partial charge in [-0.25, -0.2) is 0 Å². The third-order valence-corrected chi connectivity index (χ3v) is 5.52. The number of aryl methyl sites for hydroxylation is 1. The van der Waals surface area contributed by atoms with Crippen LogP contribution in [0.4, 0.5) is 17.1 Å². The summed E-state index contributed by atoms with van der Waals surface area (Å²) in [6, 6.07) is 15.0. The lowest BCUT2D eigenvalue weighted by molar-refractivity contribution is -0.122. The van der Waals surface area contributed by atoms with Crippen molar-refractivity contribution in [3.8, 4) is 0 Å². The van der Waals surface area contributed by atoms with Gasteiger partial charge in [-0.2, -0.15) is 0 Å². The van der Waals surface area contributed by atoms with Crippen LogP contribution in [-0.4, -0.2) is 24.3 Å². The van der Waals surface area contributed by atoms with Crippen molar-refractivity contribution in [2.45, 2.75) is 32.6 Å². The Kier molecular flexibility index (Phi) is 5.34. The van der Waals surface area contributed by atoms with E-state index in [1.54, 1.807) is 29.2 Å². The molecule has 0 spiro atoms. The molecule has 2 aromatic carbocycles. The van der Waals surface area contributed by atoms with Crippen molar-refractivity contribution >= 4 is 34.8 Å². The van der Waals surface area contributed by atoms with Crippen molar-refractivity contribution < 1.29 is 14.4 Å². The Bertz CT molecular complexity index is 917. The zero-order chi connectivity index (χ0) is 20.4. The predicted octanol–water partition coefficient (Wildman–Crippen LogP) is 3.59. The third-order valence-electron chi connectivity index (χ3n) is 5.52. The average molecular weight is 391 g/mol. The van der Waals surface area contributed by atoms with E-state index in [0.29, 0.717) is 12.2 Å². The van der Waals surface area contributed by atoms with E-state index < -0.39 is 0 Å². The molecule has 150 valence electrons. The first-order valence-electron chi connectivity index (χ1n) is 10.1. The number of carbonyl (C=O) groups is 3. The summed E-state index contributed by atoms with van der Waals surface area (Å²) in [5, 5.41) is 5.75. The zero-order valence-corrected chi connectivity index (χ0v) is 16.5. The summed E-state index contributed by atoms with van der Waals surface area (Å²) >= 11 is 0. The van der Waals surface area contributed by atoms with Gasteiger partial charge in [0.05, 0.1) is 5.92 Å². The average Bonchev–Trinajstić information content (AvgIpc) is 3.51. The Hall–Kier alpha value is -3.15. The van der Waals surface area contributed by atoms with Crippen LogP contribution in [0, 0.1) is 11.8 Å². The SMILES string of the molecule is CCc1ccc(N2CC(C(=O)Nc3ccc(NC(=O)C4CC4)cc3)CC2=O)cc1. The molecule has 0 radical (unpaired) electrons. The van der Waals surface area contributed by atoms with Crippen LogP contribution in [-0.2, 0) is 20.8 Å². The molecule has 6 nitrogen and oxygen atoms in total. The zero-order valence-electron chi connectivity index (χ0n) is 16.5. The Morgan fingerprint density at radius 1 is 0.897 bits per heavy atom. The summed E-state index contributed by atoms with van der Waals surface area (Å²) in [4.78, 5) is 38.5. The number of anilines is 3. The van der Waals surface area contributed by atoms with Crippen molar-refractivity contribution in [2.75, 3.05) is 22.1 Å². The molecule has 1 saturated heterocycles. The van der Waals surface area contributed by atoms with Gasteiger partial charge < -0.3 is 15.5 Å². The number of amides is 3. The van der Waals surface area contributed by atoms with Gasteiger partial charge in [-0.15, -0.1) is 0 Å². The molecule has 2 fully saturated rings. The van der Waals surface area contributed by atoms with Crippen LogP contribution in [0.1, 0.15) is 31.7 Å². The summed E-state index contributed by atoms with van der Waals surface area (Å²) in [6.45, 7) is 2.47. The van der Waals surface area contributed by atoms with E-state index in [4.69, 9.17) is 0 Å². The molecule has 0 aromatic heterocycles. The Morgan fingerprint density at radius 3 is 1.97 bits per heavy atom. The standard InChI is InChI=1S/C23H25N3O3/c1-2-15-3-11-20(12-4-15)26-14-17(13-21(26)27)23(29)25-19-9-7-18(8-10-19)24-22(28)16-5-6-16/h3-4,7-12,16-17H,2,5-6,13-14H2,1H3,(H,24,28)(H,25,29). The molecule has 2 aromatic rings. The summed E-state index contributed by atoms with van der Waals surface area (Å²) in [5.74, 6) is -0.385. The van der Waals surface area contributed by atoms with Crippen LogP contribution in [0.2, 0.25) is 0 Å². The molecule has 1 heterocycles.